The van der Waals surface area contributed by atoms with Gasteiger partial charge in [0.1, 0.15) is 17.5 Å². The predicted octanol–water partition coefficient (Wildman–Crippen LogP) is 5.84. The van der Waals surface area contributed by atoms with Gasteiger partial charge in [0.2, 0.25) is 11.8 Å². The molecule has 2 N–H and O–H groups in total. The molecule has 3 aromatic carbocycles. The lowest BCUT2D eigenvalue weighted by Crippen LogP contribution is -2.49. The van der Waals surface area contributed by atoms with Crippen LogP contribution >= 0.6 is 11.8 Å². The molecule has 1 unspecified atom stereocenters. The molecule has 3 atom stereocenters. The molecule has 2 saturated heterocycles. The smallest absolute Gasteiger partial charge is 0.268 e. The van der Waals surface area contributed by atoms with Gasteiger partial charge < -0.3 is 25.2 Å². The van der Waals surface area contributed by atoms with Crippen LogP contribution in [0.25, 0.3) is 10.9 Å². The van der Waals surface area contributed by atoms with Crippen LogP contribution in [0.4, 0.5) is 0 Å². The second kappa shape index (κ2) is 15.5. The van der Waals surface area contributed by atoms with Crippen molar-refractivity contribution in [1.82, 2.24) is 29.4 Å². The number of amides is 3. The van der Waals surface area contributed by atoms with Crippen LogP contribution in [0.2, 0.25) is 0 Å². The van der Waals surface area contributed by atoms with E-state index in [-0.39, 0.29) is 29.2 Å². The van der Waals surface area contributed by atoms with Crippen LogP contribution in [-0.2, 0) is 19.6 Å². The lowest BCUT2D eigenvalue weighted by molar-refractivity contribution is -0.138. The molecule has 3 amide bonds. The van der Waals surface area contributed by atoms with Crippen LogP contribution in [0.5, 0.6) is 11.5 Å². The summed E-state index contributed by atoms with van der Waals surface area (Å²) in [4.78, 5) is 51.6. The molecule has 0 spiro atoms. The molecule has 2 fully saturated rings. The first-order valence-electron chi connectivity index (χ1n) is 18.6. The van der Waals surface area contributed by atoms with Gasteiger partial charge in [-0.1, -0.05) is 48.5 Å². The minimum atomic E-state index is -4.04. The van der Waals surface area contributed by atoms with Crippen molar-refractivity contribution in [2.45, 2.75) is 59.4 Å². The fourth-order valence-corrected chi connectivity index (χ4v) is 10.4. The highest BCUT2D eigenvalue weighted by Gasteiger charge is 2.41. The number of ether oxygens (including phenoxy) is 1. The summed E-state index contributed by atoms with van der Waals surface area (Å²) >= 11 is 1.56. The Morgan fingerprint density at radius 3 is 2.51 bits per heavy atom. The van der Waals surface area contributed by atoms with E-state index >= 15 is 0 Å². The Hall–Kier alpha value is -5.18. The third kappa shape index (κ3) is 7.58. The van der Waals surface area contributed by atoms with Crippen molar-refractivity contribution >= 4 is 50.4 Å². The first-order chi connectivity index (χ1) is 26.7. The molecule has 8 rings (SSSR count). The van der Waals surface area contributed by atoms with E-state index in [0.29, 0.717) is 40.9 Å². The fourth-order valence-electron chi connectivity index (χ4n) is 7.82. The summed E-state index contributed by atoms with van der Waals surface area (Å²) in [5, 5.41) is 6.42. The molecule has 3 aliphatic heterocycles. The number of rotatable bonds is 10. The van der Waals surface area contributed by atoms with Crippen molar-refractivity contribution in [3.05, 3.63) is 109 Å². The Balaban J connectivity index is 0.996. The summed E-state index contributed by atoms with van der Waals surface area (Å²) in [5.74, 6) is 0.163. The normalized spacial score (nSPS) is 18.9. The minimum absolute atomic E-state index is 0.0537. The van der Waals surface area contributed by atoms with Crippen LogP contribution in [-0.4, -0.2) is 83.7 Å². The van der Waals surface area contributed by atoms with Crippen LogP contribution in [0.15, 0.2) is 112 Å². The molecule has 3 aliphatic rings. The second-order valence-electron chi connectivity index (χ2n) is 14.3. The number of benzene rings is 3. The summed E-state index contributed by atoms with van der Waals surface area (Å²) in [6.07, 6.45) is 7.02. The predicted molar refractivity (Wildman–Crippen MR) is 209 cm³/mol. The monoisotopic (exact) mass is 778 g/mol. The maximum Gasteiger partial charge on any atom is 0.268 e. The van der Waals surface area contributed by atoms with E-state index in [1.165, 1.54) is 28.7 Å². The van der Waals surface area contributed by atoms with Gasteiger partial charge >= 0.3 is 0 Å². The number of para-hydroxylation sites is 1. The third-order valence-electron chi connectivity index (χ3n) is 10.5. The highest BCUT2D eigenvalue weighted by atomic mass is 32.2. The van der Waals surface area contributed by atoms with Gasteiger partial charge in [0, 0.05) is 36.4 Å². The van der Waals surface area contributed by atoms with Gasteiger partial charge in [-0.15, -0.1) is 0 Å². The highest BCUT2D eigenvalue weighted by molar-refractivity contribution is 7.99. The average Bonchev–Trinajstić information content (AvgIpc) is 3.82. The topological polar surface area (TPSA) is 143 Å². The molecule has 55 heavy (non-hydrogen) atoms. The van der Waals surface area contributed by atoms with E-state index in [9.17, 15) is 22.8 Å². The average molecular weight is 779 g/mol. The zero-order chi connectivity index (χ0) is 38.1. The molecule has 14 heteroatoms. The fraction of sp³-hybridized carbons (Fsp3) is 0.317. The van der Waals surface area contributed by atoms with E-state index in [0.717, 1.165) is 48.0 Å². The molecule has 0 radical (unpaired) electrons. The summed E-state index contributed by atoms with van der Waals surface area (Å²) in [7, 11) is -4.04. The number of nitrogens with one attached hydrogen (secondary N) is 2. The lowest BCUT2D eigenvalue weighted by atomic mass is 10.0. The van der Waals surface area contributed by atoms with Crippen molar-refractivity contribution in [3.63, 3.8) is 0 Å². The van der Waals surface area contributed by atoms with Crippen LogP contribution in [0.1, 0.15) is 54.7 Å². The van der Waals surface area contributed by atoms with Crippen LogP contribution in [0.3, 0.4) is 0 Å². The SMILES string of the molecule is C[C@@H](NC(=O)[C@@H]1CC(CN2CCCCC2)CN1C(=O)CNC(=O)c1ccc2c(c1)Oc1ccccc1S2)c1cc2cnccc2n1S(=O)(=O)c1ccccc1. The Morgan fingerprint density at radius 2 is 1.69 bits per heavy atom. The minimum Gasteiger partial charge on any atom is -0.455 e. The molecule has 2 aromatic heterocycles. The zero-order valence-corrected chi connectivity index (χ0v) is 32.0. The maximum atomic E-state index is 14.2. The summed E-state index contributed by atoms with van der Waals surface area (Å²) < 4.78 is 35.4. The van der Waals surface area contributed by atoms with Crippen molar-refractivity contribution in [1.29, 1.82) is 0 Å². The number of hydrogen-bond acceptors (Lipinski definition) is 9. The summed E-state index contributed by atoms with van der Waals surface area (Å²) in [5.41, 5.74) is 1.17. The maximum absolute atomic E-state index is 14.2. The van der Waals surface area contributed by atoms with E-state index in [1.54, 1.807) is 72.2 Å². The Labute approximate surface area is 324 Å². The van der Waals surface area contributed by atoms with Crippen LogP contribution < -0.4 is 15.4 Å². The quantitative estimate of drug-likeness (QED) is 0.175. The van der Waals surface area contributed by atoms with E-state index < -0.39 is 28.0 Å². The van der Waals surface area contributed by atoms with Gasteiger partial charge in [-0.2, -0.15) is 0 Å². The zero-order valence-electron chi connectivity index (χ0n) is 30.4. The van der Waals surface area contributed by atoms with E-state index in [2.05, 4.69) is 20.5 Å². The largest absolute Gasteiger partial charge is 0.455 e. The third-order valence-corrected chi connectivity index (χ3v) is 13.4. The number of likely N-dealkylation sites (tertiary alicyclic amines) is 2. The molecule has 0 aliphatic carbocycles. The number of hydrogen-bond donors (Lipinski definition) is 2. The van der Waals surface area contributed by atoms with Gasteiger partial charge in [0.25, 0.3) is 15.9 Å². The van der Waals surface area contributed by atoms with E-state index in [4.69, 9.17) is 4.74 Å². The highest BCUT2D eigenvalue weighted by Crippen LogP contribution is 2.47. The number of carbonyl (C=O) groups is 3. The molecule has 284 valence electrons. The number of pyridine rings is 1. The molecule has 5 aromatic rings. The molecule has 5 heterocycles. The van der Waals surface area contributed by atoms with Gasteiger partial charge in [0.05, 0.1) is 38.5 Å². The van der Waals surface area contributed by atoms with Gasteiger partial charge in [-0.05, 0) is 99.8 Å². The number of fused-ring (bicyclic) bond motifs is 3. The molecular formula is C41H42N6O6S2. The number of carbonyl (C=O) groups excluding carboxylic acids is 3. The summed E-state index contributed by atoms with van der Waals surface area (Å²) in [6, 6.07) is 22.9. The Morgan fingerprint density at radius 1 is 0.927 bits per heavy atom. The lowest BCUT2D eigenvalue weighted by Gasteiger charge is -2.28. The van der Waals surface area contributed by atoms with Crippen molar-refractivity contribution in [2.24, 2.45) is 5.92 Å². The Kier molecular flexibility index (Phi) is 10.4. The van der Waals surface area contributed by atoms with Crippen LogP contribution in [0, 0.1) is 5.92 Å². The first kappa shape index (κ1) is 36.8. The van der Waals surface area contributed by atoms with Crippen molar-refractivity contribution in [3.8, 4) is 11.5 Å². The van der Waals surface area contributed by atoms with Gasteiger partial charge in [-0.25, -0.2) is 12.4 Å². The Bertz CT molecular complexity index is 2360. The first-order valence-corrected chi connectivity index (χ1v) is 20.9. The molecule has 0 bridgehead atoms. The molecule has 12 nitrogen and oxygen atoms in total. The number of aromatic nitrogens is 2. The van der Waals surface area contributed by atoms with E-state index in [1.807, 2.05) is 30.3 Å². The number of nitrogens with zero attached hydrogens (tertiary/aromatic N) is 4. The van der Waals surface area contributed by atoms with Gasteiger partial charge in [0.15, 0.2) is 0 Å². The number of piperidine rings is 1. The molecular weight excluding hydrogens is 737 g/mol. The molecule has 0 saturated carbocycles. The van der Waals surface area contributed by atoms with Crippen molar-refractivity contribution < 1.29 is 27.5 Å². The standard InChI is InChI=1S/C41H42N6O6S2/c1-27(33-21-30-23-42-17-16-32(30)47(33)55(51,52)31-10-4-2-5-11-31)44-41(50)34-20-28(25-45-18-8-3-9-19-45)26-46(34)39(48)24-43-40(49)29-14-15-38-36(22-29)53-35-12-6-7-13-37(35)54-38/h2,4-7,10-17,21-23,27-28,34H,3,8-9,18-20,24-26H2,1H3,(H,43,49)(H,44,50)/t27-,28?,34+/m1/s1. The summed E-state index contributed by atoms with van der Waals surface area (Å²) in [6.45, 7) is 4.55. The second-order valence-corrected chi connectivity index (χ2v) is 17.2. The van der Waals surface area contributed by atoms with Crippen molar-refractivity contribution in [2.75, 3.05) is 32.7 Å². The van der Waals surface area contributed by atoms with Gasteiger partial charge in [-0.3, -0.25) is 19.4 Å².